The summed E-state index contributed by atoms with van der Waals surface area (Å²) in [5.41, 5.74) is 4.57. The number of thiazole rings is 1. The number of H-pyrrole nitrogens is 1. The third-order valence-corrected chi connectivity index (χ3v) is 3.46. The molecule has 0 unspecified atom stereocenters. The summed E-state index contributed by atoms with van der Waals surface area (Å²) in [5.74, 6) is -0.0180. The minimum atomic E-state index is -0.0180. The van der Waals surface area contributed by atoms with Gasteiger partial charge in [-0.2, -0.15) is 5.10 Å². The normalized spacial score (nSPS) is 10.7. The lowest BCUT2D eigenvalue weighted by atomic mass is 10.1. The van der Waals surface area contributed by atoms with Gasteiger partial charge in [0.25, 0.3) is 0 Å². The highest BCUT2D eigenvalue weighted by Gasteiger charge is 2.05. The van der Waals surface area contributed by atoms with Crippen LogP contribution in [0.1, 0.15) is 11.3 Å². The SMILES string of the molecule is O=C(Cc1cscn1)NCc1ccc2cn[nH]c2c1. The highest BCUT2D eigenvalue weighted by molar-refractivity contribution is 7.07. The van der Waals surface area contributed by atoms with Gasteiger partial charge < -0.3 is 5.32 Å². The maximum atomic E-state index is 11.7. The van der Waals surface area contributed by atoms with Crippen LogP contribution in [0.3, 0.4) is 0 Å². The lowest BCUT2D eigenvalue weighted by molar-refractivity contribution is -0.120. The quantitative estimate of drug-likeness (QED) is 0.761. The van der Waals surface area contributed by atoms with E-state index in [2.05, 4.69) is 20.5 Å². The Morgan fingerprint density at radius 2 is 2.37 bits per heavy atom. The van der Waals surface area contributed by atoms with Crippen molar-refractivity contribution in [3.05, 3.63) is 46.5 Å². The Bertz CT molecular complexity index is 690. The zero-order valence-electron chi connectivity index (χ0n) is 10.1. The van der Waals surface area contributed by atoms with Crippen LogP contribution in [0.15, 0.2) is 35.3 Å². The van der Waals surface area contributed by atoms with Gasteiger partial charge in [0.15, 0.2) is 0 Å². The minimum Gasteiger partial charge on any atom is -0.352 e. The van der Waals surface area contributed by atoms with Gasteiger partial charge in [-0.1, -0.05) is 12.1 Å². The molecule has 0 aliphatic rings. The van der Waals surface area contributed by atoms with Crippen LogP contribution in [0.25, 0.3) is 10.9 Å². The van der Waals surface area contributed by atoms with E-state index in [-0.39, 0.29) is 5.91 Å². The largest absolute Gasteiger partial charge is 0.352 e. The number of aromatic nitrogens is 3. The lowest BCUT2D eigenvalue weighted by Gasteiger charge is -2.04. The summed E-state index contributed by atoms with van der Waals surface area (Å²) >= 11 is 1.50. The Kier molecular flexibility index (Phi) is 3.24. The average molecular weight is 272 g/mol. The Morgan fingerprint density at radius 1 is 1.42 bits per heavy atom. The minimum absolute atomic E-state index is 0.0180. The third-order valence-electron chi connectivity index (χ3n) is 2.82. The van der Waals surface area contributed by atoms with Gasteiger partial charge in [0.05, 0.1) is 29.3 Å². The molecular formula is C13H12N4OS. The van der Waals surface area contributed by atoms with E-state index in [0.29, 0.717) is 13.0 Å². The second-order valence-corrected chi connectivity index (χ2v) is 4.94. The van der Waals surface area contributed by atoms with Crippen molar-refractivity contribution >= 4 is 28.1 Å². The standard InChI is InChI=1S/C13H12N4OS/c18-13(4-11-7-19-8-15-11)14-5-9-1-2-10-6-16-17-12(10)3-9/h1-3,6-8H,4-5H2,(H,14,18)(H,16,17). The fourth-order valence-corrected chi connectivity index (χ4v) is 2.41. The van der Waals surface area contributed by atoms with Crippen LogP contribution < -0.4 is 5.32 Å². The number of nitrogens with zero attached hydrogens (tertiary/aromatic N) is 2. The molecule has 0 aliphatic heterocycles. The van der Waals surface area contributed by atoms with Gasteiger partial charge in [-0.15, -0.1) is 11.3 Å². The number of rotatable bonds is 4. The molecule has 0 saturated carbocycles. The lowest BCUT2D eigenvalue weighted by Crippen LogP contribution is -2.24. The molecule has 2 N–H and O–H groups in total. The first-order chi connectivity index (χ1) is 9.31. The first-order valence-corrected chi connectivity index (χ1v) is 6.81. The summed E-state index contributed by atoms with van der Waals surface area (Å²) in [7, 11) is 0. The van der Waals surface area contributed by atoms with Crippen molar-refractivity contribution in [2.75, 3.05) is 0 Å². The van der Waals surface area contributed by atoms with Gasteiger partial charge >= 0.3 is 0 Å². The molecule has 2 aromatic heterocycles. The molecule has 0 spiro atoms. The van der Waals surface area contributed by atoms with Gasteiger partial charge in [-0.3, -0.25) is 9.89 Å². The second kappa shape index (κ2) is 5.19. The maximum Gasteiger partial charge on any atom is 0.226 e. The molecule has 0 fully saturated rings. The zero-order chi connectivity index (χ0) is 13.1. The average Bonchev–Trinajstić information content (AvgIpc) is 3.06. The van der Waals surface area contributed by atoms with Crippen LogP contribution in [0, 0.1) is 0 Å². The highest BCUT2D eigenvalue weighted by Crippen LogP contribution is 2.12. The second-order valence-electron chi connectivity index (χ2n) is 4.22. The molecule has 96 valence electrons. The van der Waals surface area contributed by atoms with Crippen LogP contribution >= 0.6 is 11.3 Å². The van der Waals surface area contributed by atoms with Crippen LogP contribution in [0.4, 0.5) is 0 Å². The molecule has 0 aliphatic carbocycles. The van der Waals surface area contributed by atoms with Crippen molar-refractivity contribution in [3.63, 3.8) is 0 Å². The van der Waals surface area contributed by atoms with E-state index in [0.717, 1.165) is 22.2 Å². The molecule has 0 radical (unpaired) electrons. The summed E-state index contributed by atoms with van der Waals surface area (Å²) in [6.45, 7) is 0.512. The van der Waals surface area contributed by atoms with E-state index in [1.54, 1.807) is 11.7 Å². The van der Waals surface area contributed by atoms with Crippen molar-refractivity contribution in [1.82, 2.24) is 20.5 Å². The molecule has 1 aromatic carbocycles. The Morgan fingerprint density at radius 3 is 3.21 bits per heavy atom. The molecule has 0 atom stereocenters. The molecule has 3 aromatic rings. The number of hydrogen-bond donors (Lipinski definition) is 2. The topological polar surface area (TPSA) is 70.7 Å². The predicted octanol–water partition coefficient (Wildman–Crippen LogP) is 1.88. The number of fused-ring (bicyclic) bond motifs is 1. The maximum absolute atomic E-state index is 11.7. The van der Waals surface area contributed by atoms with Gasteiger partial charge in [0.1, 0.15) is 0 Å². The Balaban J connectivity index is 1.60. The molecule has 19 heavy (non-hydrogen) atoms. The van der Waals surface area contributed by atoms with E-state index in [9.17, 15) is 4.79 Å². The first-order valence-electron chi connectivity index (χ1n) is 5.87. The molecule has 2 heterocycles. The van der Waals surface area contributed by atoms with Gasteiger partial charge in [-0.05, 0) is 11.6 Å². The smallest absolute Gasteiger partial charge is 0.226 e. The number of nitrogens with one attached hydrogen (secondary N) is 2. The molecule has 5 nitrogen and oxygen atoms in total. The summed E-state index contributed by atoms with van der Waals surface area (Å²) in [5, 5.41) is 12.7. The summed E-state index contributed by atoms with van der Waals surface area (Å²) in [4.78, 5) is 15.8. The van der Waals surface area contributed by atoms with E-state index in [4.69, 9.17) is 0 Å². The van der Waals surface area contributed by atoms with Crippen LogP contribution in [-0.2, 0) is 17.8 Å². The number of carbonyl (C=O) groups is 1. The summed E-state index contributed by atoms with van der Waals surface area (Å²) in [6.07, 6.45) is 2.11. The molecular weight excluding hydrogens is 260 g/mol. The molecule has 1 amide bonds. The van der Waals surface area contributed by atoms with Gasteiger partial charge in [-0.25, -0.2) is 4.98 Å². The van der Waals surface area contributed by atoms with Crippen molar-refractivity contribution in [1.29, 1.82) is 0 Å². The van der Waals surface area contributed by atoms with Gasteiger partial charge in [0, 0.05) is 17.3 Å². The van der Waals surface area contributed by atoms with Crippen molar-refractivity contribution in [2.45, 2.75) is 13.0 Å². The summed E-state index contributed by atoms with van der Waals surface area (Å²) < 4.78 is 0. The van der Waals surface area contributed by atoms with Crippen LogP contribution in [0.5, 0.6) is 0 Å². The molecule has 0 bridgehead atoms. The fraction of sp³-hybridized carbons (Fsp3) is 0.154. The number of amides is 1. The van der Waals surface area contributed by atoms with E-state index in [1.165, 1.54) is 11.3 Å². The number of hydrogen-bond acceptors (Lipinski definition) is 4. The number of aromatic amines is 1. The predicted molar refractivity (Wildman–Crippen MR) is 73.8 cm³/mol. The molecule has 0 saturated heterocycles. The van der Waals surface area contributed by atoms with E-state index in [1.807, 2.05) is 23.6 Å². The van der Waals surface area contributed by atoms with Crippen LogP contribution in [-0.4, -0.2) is 21.1 Å². The fourth-order valence-electron chi connectivity index (χ4n) is 1.85. The van der Waals surface area contributed by atoms with Crippen molar-refractivity contribution in [2.24, 2.45) is 0 Å². The van der Waals surface area contributed by atoms with E-state index >= 15 is 0 Å². The monoisotopic (exact) mass is 272 g/mol. The molecule has 3 rings (SSSR count). The Hall–Kier alpha value is -2.21. The number of carbonyl (C=O) groups excluding carboxylic acids is 1. The molecule has 6 heteroatoms. The Labute approximate surface area is 113 Å². The zero-order valence-corrected chi connectivity index (χ0v) is 10.9. The van der Waals surface area contributed by atoms with Crippen molar-refractivity contribution in [3.8, 4) is 0 Å². The van der Waals surface area contributed by atoms with E-state index < -0.39 is 0 Å². The number of benzene rings is 1. The third kappa shape index (κ3) is 2.79. The highest BCUT2D eigenvalue weighted by atomic mass is 32.1. The van der Waals surface area contributed by atoms with Gasteiger partial charge in [0.2, 0.25) is 5.91 Å². The first kappa shape index (κ1) is 11.9. The summed E-state index contributed by atoms with van der Waals surface area (Å²) in [6, 6.07) is 5.97. The van der Waals surface area contributed by atoms with Crippen LogP contribution in [0.2, 0.25) is 0 Å². The van der Waals surface area contributed by atoms with Crippen molar-refractivity contribution < 1.29 is 4.79 Å².